The molecule has 4 heteroatoms. The molecular weight excluding hydrogens is 238 g/mol. The van der Waals surface area contributed by atoms with Gasteiger partial charge in [0, 0.05) is 20.1 Å². The van der Waals surface area contributed by atoms with Crippen molar-refractivity contribution >= 4 is 6.03 Å². The molecular formula is C15H25N3O. The first kappa shape index (κ1) is 14.2. The van der Waals surface area contributed by atoms with Crippen LogP contribution in [0.25, 0.3) is 0 Å². The molecule has 2 aliphatic carbocycles. The SMILES string of the molecule is C[C@H](C#N)CN(C)C(=O)NCC[C@H]1C[C@H]2CC[C@H]1C2. The Labute approximate surface area is 116 Å². The number of carbonyl (C=O) groups excluding carboxylic acids is 1. The predicted molar refractivity (Wildman–Crippen MR) is 74.4 cm³/mol. The van der Waals surface area contributed by atoms with E-state index in [-0.39, 0.29) is 11.9 Å². The number of urea groups is 1. The molecule has 0 spiro atoms. The molecule has 0 aromatic heterocycles. The van der Waals surface area contributed by atoms with E-state index in [0.717, 1.165) is 30.7 Å². The molecule has 0 radical (unpaired) electrons. The smallest absolute Gasteiger partial charge is 0.317 e. The summed E-state index contributed by atoms with van der Waals surface area (Å²) in [5, 5.41) is 11.7. The third kappa shape index (κ3) is 3.62. The topological polar surface area (TPSA) is 56.1 Å². The maximum Gasteiger partial charge on any atom is 0.317 e. The fourth-order valence-electron chi connectivity index (χ4n) is 3.76. The van der Waals surface area contributed by atoms with Crippen LogP contribution in [0.5, 0.6) is 0 Å². The van der Waals surface area contributed by atoms with Crippen LogP contribution in [0.3, 0.4) is 0 Å². The molecule has 2 fully saturated rings. The van der Waals surface area contributed by atoms with Crippen LogP contribution in [0, 0.1) is 35.0 Å². The Morgan fingerprint density at radius 1 is 1.47 bits per heavy atom. The molecule has 4 nitrogen and oxygen atoms in total. The van der Waals surface area contributed by atoms with Crippen molar-refractivity contribution in [2.24, 2.45) is 23.7 Å². The van der Waals surface area contributed by atoms with E-state index in [1.54, 1.807) is 11.9 Å². The number of nitriles is 1. The van der Waals surface area contributed by atoms with Crippen LogP contribution in [-0.2, 0) is 0 Å². The van der Waals surface area contributed by atoms with Gasteiger partial charge in [-0.15, -0.1) is 0 Å². The third-order valence-corrected chi connectivity index (χ3v) is 4.79. The van der Waals surface area contributed by atoms with Crippen molar-refractivity contribution in [3.8, 4) is 6.07 Å². The van der Waals surface area contributed by atoms with E-state index in [4.69, 9.17) is 5.26 Å². The first-order valence-electron chi connectivity index (χ1n) is 7.48. The van der Waals surface area contributed by atoms with E-state index in [1.807, 2.05) is 6.92 Å². The van der Waals surface area contributed by atoms with Crippen molar-refractivity contribution in [1.82, 2.24) is 10.2 Å². The number of nitrogens with zero attached hydrogens (tertiary/aromatic N) is 2. The average molecular weight is 263 g/mol. The van der Waals surface area contributed by atoms with Crippen molar-refractivity contribution in [1.29, 1.82) is 5.26 Å². The summed E-state index contributed by atoms with van der Waals surface area (Å²) >= 11 is 0. The highest BCUT2D eigenvalue weighted by atomic mass is 16.2. The monoisotopic (exact) mass is 263 g/mol. The van der Waals surface area contributed by atoms with Gasteiger partial charge in [-0.05, 0) is 50.4 Å². The highest BCUT2D eigenvalue weighted by Crippen LogP contribution is 2.49. The third-order valence-electron chi connectivity index (χ3n) is 4.79. The molecule has 1 N–H and O–H groups in total. The van der Waals surface area contributed by atoms with Crippen molar-refractivity contribution < 1.29 is 4.79 Å². The Morgan fingerprint density at radius 2 is 2.26 bits per heavy atom. The highest BCUT2D eigenvalue weighted by molar-refractivity contribution is 5.73. The second kappa shape index (κ2) is 6.27. The van der Waals surface area contributed by atoms with Gasteiger partial charge in [0.15, 0.2) is 0 Å². The Morgan fingerprint density at radius 3 is 2.84 bits per heavy atom. The Bertz CT molecular complexity index is 363. The zero-order valence-electron chi connectivity index (χ0n) is 12.1. The van der Waals surface area contributed by atoms with E-state index in [2.05, 4.69) is 11.4 Å². The number of hydrogen-bond donors (Lipinski definition) is 1. The molecule has 2 saturated carbocycles. The van der Waals surface area contributed by atoms with E-state index in [0.29, 0.717) is 6.54 Å². The van der Waals surface area contributed by atoms with Crippen LogP contribution in [0.2, 0.25) is 0 Å². The molecule has 2 aliphatic rings. The van der Waals surface area contributed by atoms with Gasteiger partial charge in [-0.3, -0.25) is 0 Å². The van der Waals surface area contributed by atoms with Gasteiger partial charge in [0.05, 0.1) is 12.0 Å². The number of fused-ring (bicyclic) bond motifs is 2. The van der Waals surface area contributed by atoms with Gasteiger partial charge in [0.25, 0.3) is 0 Å². The molecule has 0 aromatic carbocycles. The van der Waals surface area contributed by atoms with E-state index < -0.39 is 0 Å². The van der Waals surface area contributed by atoms with Crippen LogP contribution >= 0.6 is 0 Å². The van der Waals surface area contributed by atoms with Gasteiger partial charge in [0.1, 0.15) is 0 Å². The summed E-state index contributed by atoms with van der Waals surface area (Å²) in [6.45, 7) is 3.10. The van der Waals surface area contributed by atoms with Gasteiger partial charge in [-0.1, -0.05) is 6.42 Å². The fraction of sp³-hybridized carbons (Fsp3) is 0.867. The first-order valence-corrected chi connectivity index (χ1v) is 7.48. The van der Waals surface area contributed by atoms with Crippen molar-refractivity contribution in [2.75, 3.05) is 20.1 Å². The lowest BCUT2D eigenvalue weighted by Gasteiger charge is -2.23. The van der Waals surface area contributed by atoms with Gasteiger partial charge in [-0.2, -0.15) is 5.26 Å². The van der Waals surface area contributed by atoms with E-state index in [9.17, 15) is 4.79 Å². The normalized spacial score (nSPS) is 29.8. The minimum atomic E-state index is -0.110. The van der Waals surface area contributed by atoms with Crippen LogP contribution < -0.4 is 5.32 Å². The summed E-state index contributed by atoms with van der Waals surface area (Å²) in [6, 6.07) is 2.10. The van der Waals surface area contributed by atoms with E-state index >= 15 is 0 Å². The zero-order valence-corrected chi connectivity index (χ0v) is 12.1. The average Bonchev–Trinajstić information content (AvgIpc) is 3.00. The quantitative estimate of drug-likeness (QED) is 0.829. The fourth-order valence-corrected chi connectivity index (χ4v) is 3.76. The lowest BCUT2D eigenvalue weighted by molar-refractivity contribution is 0.203. The Hall–Kier alpha value is -1.24. The molecule has 106 valence electrons. The summed E-state index contributed by atoms with van der Waals surface area (Å²) in [6.07, 6.45) is 6.76. The molecule has 19 heavy (non-hydrogen) atoms. The van der Waals surface area contributed by atoms with Crippen LogP contribution in [0.1, 0.15) is 39.0 Å². The molecule has 2 amide bonds. The molecule has 0 heterocycles. The summed E-state index contributed by atoms with van der Waals surface area (Å²) in [7, 11) is 1.75. The second-order valence-electron chi connectivity index (χ2n) is 6.37. The molecule has 2 rings (SSSR count). The number of amides is 2. The Balaban J connectivity index is 1.63. The number of carbonyl (C=O) groups is 1. The van der Waals surface area contributed by atoms with E-state index in [1.165, 1.54) is 25.7 Å². The number of nitrogens with one attached hydrogen (secondary N) is 1. The standard InChI is InChI=1S/C15H25N3O/c1-11(9-16)10-18(2)15(19)17-6-5-14-8-12-3-4-13(14)7-12/h11-14H,3-8,10H2,1-2H3,(H,17,19)/t11-,12+,13+,14+/m1/s1. The maximum absolute atomic E-state index is 11.8. The molecule has 0 saturated heterocycles. The summed E-state index contributed by atoms with van der Waals surface area (Å²) < 4.78 is 0. The zero-order chi connectivity index (χ0) is 13.8. The van der Waals surface area contributed by atoms with Gasteiger partial charge < -0.3 is 10.2 Å². The maximum atomic E-state index is 11.8. The Kier molecular flexibility index (Phi) is 4.68. The van der Waals surface area contributed by atoms with Crippen LogP contribution in [0.15, 0.2) is 0 Å². The summed E-state index contributed by atoms with van der Waals surface area (Å²) in [4.78, 5) is 13.4. The highest BCUT2D eigenvalue weighted by Gasteiger charge is 2.38. The largest absolute Gasteiger partial charge is 0.338 e. The van der Waals surface area contributed by atoms with Gasteiger partial charge in [0.2, 0.25) is 0 Å². The molecule has 2 bridgehead atoms. The van der Waals surface area contributed by atoms with Gasteiger partial charge in [-0.25, -0.2) is 4.79 Å². The molecule has 0 aromatic rings. The summed E-state index contributed by atoms with van der Waals surface area (Å²) in [5.74, 6) is 2.63. The van der Waals surface area contributed by atoms with Crippen molar-refractivity contribution in [2.45, 2.75) is 39.0 Å². The lowest BCUT2D eigenvalue weighted by atomic mass is 9.86. The minimum Gasteiger partial charge on any atom is -0.338 e. The predicted octanol–water partition coefficient (Wildman–Crippen LogP) is 2.61. The molecule has 0 unspecified atom stereocenters. The second-order valence-corrected chi connectivity index (χ2v) is 6.37. The van der Waals surface area contributed by atoms with Crippen LogP contribution in [-0.4, -0.2) is 31.1 Å². The summed E-state index contributed by atoms with van der Waals surface area (Å²) in [5.41, 5.74) is 0. The molecule has 4 atom stereocenters. The van der Waals surface area contributed by atoms with Crippen molar-refractivity contribution in [3.05, 3.63) is 0 Å². The van der Waals surface area contributed by atoms with Crippen LogP contribution in [0.4, 0.5) is 4.79 Å². The molecule has 0 aliphatic heterocycles. The van der Waals surface area contributed by atoms with Gasteiger partial charge >= 0.3 is 6.03 Å². The lowest BCUT2D eigenvalue weighted by Crippen LogP contribution is -2.40. The number of hydrogen-bond acceptors (Lipinski definition) is 2. The van der Waals surface area contributed by atoms with Crippen molar-refractivity contribution in [3.63, 3.8) is 0 Å². The first-order chi connectivity index (χ1) is 9.10. The minimum absolute atomic E-state index is 0.0507. The number of rotatable bonds is 5.